The minimum atomic E-state index is -1.81. The average Bonchev–Trinajstić information content (AvgIpc) is 3.09. The third-order valence-corrected chi connectivity index (χ3v) is 10.4. The van der Waals surface area contributed by atoms with E-state index in [2.05, 4.69) is 12.2 Å². The summed E-state index contributed by atoms with van der Waals surface area (Å²) in [5.41, 5.74) is 18.2. The van der Waals surface area contributed by atoms with Crippen molar-refractivity contribution >= 4 is 5.91 Å². The summed E-state index contributed by atoms with van der Waals surface area (Å²) in [6.07, 6.45) is -0.550. The van der Waals surface area contributed by atoms with Gasteiger partial charge in [-0.15, -0.1) is 0 Å². The lowest BCUT2D eigenvalue weighted by molar-refractivity contribution is -0.351. The Balaban J connectivity index is 1.58. The maximum Gasteiger partial charge on any atom is 0.220 e. The molecule has 1 aliphatic carbocycles. The lowest BCUT2D eigenvalue weighted by atomic mass is 9.83. The molecule has 16 heteroatoms. The topological polar surface area (TPSA) is 286 Å². The standard InChI is InChI=1S/C34H66N4O12/c1-2-3-4-5-6-7-8-9-10-11-12-13-14-15-23(40)38-21-16-20(36)30(48-34-27(43)24(37)26(42)22(18-39)47-34)29(45)31(21)49-33-19(17-35)25(41)28(44)32(46)50-33/h19-22,24-34,39,41-46H,2-18,35-37H2,1H3,(H,38,40). The molecular weight excluding hydrogens is 656 g/mol. The van der Waals surface area contributed by atoms with Gasteiger partial charge in [-0.05, 0) is 12.8 Å². The predicted octanol–water partition coefficient (Wildman–Crippen LogP) is -1.45. The van der Waals surface area contributed by atoms with Gasteiger partial charge in [-0.2, -0.15) is 0 Å². The number of aliphatic hydroxyl groups excluding tert-OH is 7. The quantitative estimate of drug-likeness (QED) is 0.0605. The fourth-order valence-corrected chi connectivity index (χ4v) is 7.14. The van der Waals surface area contributed by atoms with Gasteiger partial charge in [0.1, 0.15) is 42.7 Å². The van der Waals surface area contributed by atoms with Crippen LogP contribution >= 0.6 is 0 Å². The van der Waals surface area contributed by atoms with E-state index in [4.69, 9.17) is 36.1 Å². The number of carbonyl (C=O) groups is 1. The molecule has 1 saturated carbocycles. The molecular formula is C34H66N4O12. The summed E-state index contributed by atoms with van der Waals surface area (Å²) in [4.78, 5) is 13.1. The summed E-state index contributed by atoms with van der Waals surface area (Å²) in [5, 5.41) is 75.8. The van der Waals surface area contributed by atoms with Gasteiger partial charge in [0.2, 0.25) is 5.91 Å². The highest BCUT2D eigenvalue weighted by molar-refractivity contribution is 5.76. The van der Waals surface area contributed by atoms with Crippen LogP contribution in [0.4, 0.5) is 0 Å². The zero-order chi connectivity index (χ0) is 36.8. The monoisotopic (exact) mass is 722 g/mol. The minimum absolute atomic E-state index is 0.0331. The predicted molar refractivity (Wildman–Crippen MR) is 182 cm³/mol. The molecule has 2 heterocycles. The van der Waals surface area contributed by atoms with E-state index in [-0.39, 0.29) is 25.3 Å². The zero-order valence-electron chi connectivity index (χ0n) is 29.6. The Morgan fingerprint density at radius 2 is 1.28 bits per heavy atom. The second kappa shape index (κ2) is 22.2. The molecule has 0 aromatic carbocycles. The summed E-state index contributed by atoms with van der Waals surface area (Å²) in [6.45, 7) is 1.40. The average molecular weight is 723 g/mol. The third-order valence-electron chi connectivity index (χ3n) is 10.4. The molecule has 0 aromatic rings. The molecule has 3 fully saturated rings. The summed E-state index contributed by atoms with van der Waals surface area (Å²) >= 11 is 0. The summed E-state index contributed by atoms with van der Waals surface area (Å²) in [5.74, 6) is -1.29. The van der Waals surface area contributed by atoms with Gasteiger partial charge in [0.25, 0.3) is 0 Å². The van der Waals surface area contributed by atoms with Crippen LogP contribution in [-0.4, -0.2) is 141 Å². The van der Waals surface area contributed by atoms with E-state index in [9.17, 15) is 40.5 Å². The SMILES string of the molecule is CCCCCCCCCCCCCCCC(=O)NC1CC(N)C(OC2OC(CO)C(O)C(N)C2O)C(O)C1OC1OC(O)C(O)C(O)C1CN. The van der Waals surface area contributed by atoms with Crippen LogP contribution in [0.3, 0.4) is 0 Å². The molecule has 0 spiro atoms. The van der Waals surface area contributed by atoms with Gasteiger partial charge in [0.15, 0.2) is 18.9 Å². The van der Waals surface area contributed by atoms with Crippen molar-refractivity contribution in [1.82, 2.24) is 5.32 Å². The molecule has 294 valence electrons. The van der Waals surface area contributed by atoms with Crippen LogP contribution in [0, 0.1) is 5.92 Å². The van der Waals surface area contributed by atoms with Crippen molar-refractivity contribution < 1.29 is 59.5 Å². The number of hydrogen-bond acceptors (Lipinski definition) is 15. The number of amides is 1. The Morgan fingerprint density at radius 3 is 1.84 bits per heavy atom. The van der Waals surface area contributed by atoms with Gasteiger partial charge in [-0.25, -0.2) is 0 Å². The van der Waals surface area contributed by atoms with Crippen LogP contribution in [0.25, 0.3) is 0 Å². The van der Waals surface area contributed by atoms with Gasteiger partial charge in [-0.1, -0.05) is 84.0 Å². The molecule has 14 N–H and O–H groups in total. The molecule has 15 unspecified atom stereocenters. The van der Waals surface area contributed by atoms with Crippen molar-refractivity contribution in [3.8, 4) is 0 Å². The maximum absolute atomic E-state index is 13.1. The van der Waals surface area contributed by atoms with E-state index in [1.165, 1.54) is 57.8 Å². The number of nitrogens with one attached hydrogen (secondary N) is 1. The second-order valence-electron chi connectivity index (χ2n) is 14.3. The van der Waals surface area contributed by atoms with E-state index in [0.29, 0.717) is 6.42 Å². The molecule has 3 rings (SSSR count). The van der Waals surface area contributed by atoms with Crippen molar-refractivity contribution in [2.75, 3.05) is 13.2 Å². The molecule has 0 bridgehead atoms. The highest BCUT2D eigenvalue weighted by Crippen LogP contribution is 2.33. The zero-order valence-corrected chi connectivity index (χ0v) is 29.6. The summed E-state index contributed by atoms with van der Waals surface area (Å²) < 4.78 is 23.0. The largest absolute Gasteiger partial charge is 0.394 e. The number of aliphatic hydroxyl groups is 7. The Morgan fingerprint density at radius 1 is 0.720 bits per heavy atom. The first-order valence-electron chi connectivity index (χ1n) is 18.8. The van der Waals surface area contributed by atoms with Gasteiger partial charge in [-0.3, -0.25) is 4.79 Å². The third kappa shape index (κ3) is 12.2. The number of rotatable bonds is 21. The van der Waals surface area contributed by atoms with Gasteiger partial charge in [0, 0.05) is 19.0 Å². The Hall–Kier alpha value is -1.09. The lowest BCUT2D eigenvalue weighted by Gasteiger charge is -2.49. The Labute approximate surface area is 296 Å². The molecule has 2 saturated heterocycles. The molecule has 50 heavy (non-hydrogen) atoms. The van der Waals surface area contributed by atoms with E-state index >= 15 is 0 Å². The smallest absolute Gasteiger partial charge is 0.220 e. The Kier molecular flexibility index (Phi) is 19.2. The van der Waals surface area contributed by atoms with Gasteiger partial charge >= 0.3 is 0 Å². The molecule has 0 aromatic heterocycles. The van der Waals surface area contributed by atoms with Crippen LogP contribution in [0.1, 0.15) is 103 Å². The fourth-order valence-electron chi connectivity index (χ4n) is 7.14. The Bertz CT molecular complexity index is 956. The van der Waals surface area contributed by atoms with E-state index < -0.39 is 98.4 Å². The second-order valence-corrected chi connectivity index (χ2v) is 14.3. The molecule has 1 amide bonds. The number of nitrogens with two attached hydrogens (primary N) is 3. The first-order valence-corrected chi connectivity index (χ1v) is 18.8. The normalized spacial score (nSPS) is 39.4. The first-order chi connectivity index (χ1) is 23.9. The molecule has 16 nitrogen and oxygen atoms in total. The van der Waals surface area contributed by atoms with Crippen molar-refractivity contribution in [3.63, 3.8) is 0 Å². The summed E-state index contributed by atoms with van der Waals surface area (Å²) in [6, 6.07) is -3.03. The maximum atomic E-state index is 13.1. The highest BCUT2D eigenvalue weighted by atomic mass is 16.7. The van der Waals surface area contributed by atoms with E-state index in [0.717, 1.165) is 19.3 Å². The van der Waals surface area contributed by atoms with Crippen LogP contribution in [0.5, 0.6) is 0 Å². The first kappa shape index (κ1) is 43.3. The molecule has 2 aliphatic heterocycles. The van der Waals surface area contributed by atoms with Crippen molar-refractivity contribution in [1.29, 1.82) is 0 Å². The molecule has 15 atom stereocenters. The number of carbonyl (C=O) groups excluding carboxylic acids is 1. The van der Waals surface area contributed by atoms with Crippen LogP contribution < -0.4 is 22.5 Å². The summed E-state index contributed by atoms with van der Waals surface area (Å²) in [7, 11) is 0. The molecule has 0 radical (unpaired) electrons. The minimum Gasteiger partial charge on any atom is -0.394 e. The number of hydrogen-bond donors (Lipinski definition) is 11. The van der Waals surface area contributed by atoms with Crippen LogP contribution in [-0.2, 0) is 23.7 Å². The van der Waals surface area contributed by atoms with Crippen molar-refractivity contribution in [2.24, 2.45) is 23.1 Å². The lowest BCUT2D eigenvalue weighted by Crippen LogP contribution is -2.69. The van der Waals surface area contributed by atoms with Crippen LogP contribution in [0.2, 0.25) is 0 Å². The van der Waals surface area contributed by atoms with Gasteiger partial charge < -0.3 is 77.2 Å². The van der Waals surface area contributed by atoms with Crippen LogP contribution in [0.15, 0.2) is 0 Å². The van der Waals surface area contributed by atoms with Gasteiger partial charge in [0.05, 0.1) is 30.7 Å². The molecule has 3 aliphatic rings. The van der Waals surface area contributed by atoms with Crippen molar-refractivity contribution in [3.05, 3.63) is 0 Å². The fraction of sp³-hybridized carbons (Fsp3) is 0.971. The highest BCUT2D eigenvalue weighted by Gasteiger charge is 2.52. The van der Waals surface area contributed by atoms with Crippen molar-refractivity contribution in [2.45, 2.75) is 189 Å². The van der Waals surface area contributed by atoms with E-state index in [1.807, 2.05) is 0 Å². The number of ether oxygens (including phenoxy) is 4. The number of unbranched alkanes of at least 4 members (excludes halogenated alkanes) is 12. The van der Waals surface area contributed by atoms with E-state index in [1.54, 1.807) is 0 Å².